The van der Waals surface area contributed by atoms with E-state index in [0.717, 1.165) is 23.5 Å². The SMILES string of the molecule is O=C1N/C(=N\N=C2\NC(=O)[C@H](CC(=O)c3ccc(F)cc3)S2)CS1. The van der Waals surface area contributed by atoms with Crippen LogP contribution in [-0.2, 0) is 4.79 Å². The lowest BCUT2D eigenvalue weighted by Gasteiger charge is -2.04. The largest absolute Gasteiger partial charge is 0.303 e. The maximum Gasteiger partial charge on any atom is 0.284 e. The van der Waals surface area contributed by atoms with Crippen LogP contribution >= 0.6 is 23.5 Å². The molecular formula is C14H11FN4O3S2. The molecule has 3 rings (SSSR count). The van der Waals surface area contributed by atoms with Gasteiger partial charge in [0.05, 0.1) is 11.0 Å². The quantitative estimate of drug-likeness (QED) is 0.625. The fraction of sp³-hybridized carbons (Fsp3) is 0.214. The van der Waals surface area contributed by atoms with Gasteiger partial charge in [-0.1, -0.05) is 23.5 Å². The number of nitrogens with one attached hydrogen (secondary N) is 2. The summed E-state index contributed by atoms with van der Waals surface area (Å²) in [4.78, 5) is 35.1. The fourth-order valence-corrected chi connectivity index (χ4v) is 3.50. The number of hydrogen-bond acceptors (Lipinski definition) is 7. The van der Waals surface area contributed by atoms with Gasteiger partial charge in [-0.25, -0.2) is 4.39 Å². The van der Waals surface area contributed by atoms with Gasteiger partial charge in [0.1, 0.15) is 11.7 Å². The highest BCUT2D eigenvalue weighted by molar-refractivity contribution is 8.15. The van der Waals surface area contributed by atoms with E-state index in [9.17, 15) is 18.8 Å². The molecule has 2 aliphatic rings. The maximum atomic E-state index is 12.9. The van der Waals surface area contributed by atoms with E-state index >= 15 is 0 Å². The molecule has 124 valence electrons. The normalized spacial score (nSPS) is 23.6. The molecule has 7 nitrogen and oxygen atoms in total. The third-order valence-corrected chi connectivity index (χ3v) is 5.02. The monoisotopic (exact) mass is 366 g/mol. The predicted octanol–water partition coefficient (Wildman–Crippen LogP) is 1.76. The number of thioether (sulfide) groups is 2. The molecule has 1 atom stereocenters. The molecule has 0 aliphatic carbocycles. The average molecular weight is 366 g/mol. The molecule has 10 heteroatoms. The van der Waals surface area contributed by atoms with Crippen LogP contribution in [0.3, 0.4) is 0 Å². The molecule has 1 aromatic rings. The van der Waals surface area contributed by atoms with Gasteiger partial charge in [0.15, 0.2) is 11.0 Å². The highest BCUT2D eigenvalue weighted by atomic mass is 32.2. The molecular weight excluding hydrogens is 355 g/mol. The summed E-state index contributed by atoms with van der Waals surface area (Å²) in [6.45, 7) is 0. The molecule has 0 spiro atoms. The molecule has 2 amide bonds. The number of Topliss-reactive ketones (excluding diaryl/α,β-unsaturated/α-hetero) is 1. The Kier molecular flexibility index (Phi) is 4.95. The van der Waals surface area contributed by atoms with Crippen molar-refractivity contribution in [3.63, 3.8) is 0 Å². The zero-order valence-electron chi connectivity index (χ0n) is 12.1. The van der Waals surface area contributed by atoms with Crippen molar-refractivity contribution in [1.29, 1.82) is 0 Å². The Morgan fingerprint density at radius 2 is 1.96 bits per heavy atom. The third kappa shape index (κ3) is 4.01. The Morgan fingerprint density at radius 3 is 2.62 bits per heavy atom. The van der Waals surface area contributed by atoms with E-state index in [4.69, 9.17) is 0 Å². The summed E-state index contributed by atoms with van der Waals surface area (Å²) in [6, 6.07) is 5.17. The topological polar surface area (TPSA) is 100.0 Å². The van der Waals surface area contributed by atoms with Gasteiger partial charge in [0.2, 0.25) is 5.91 Å². The van der Waals surface area contributed by atoms with Gasteiger partial charge in [-0.05, 0) is 24.3 Å². The van der Waals surface area contributed by atoms with Crippen molar-refractivity contribution in [1.82, 2.24) is 10.6 Å². The first-order valence-corrected chi connectivity index (χ1v) is 8.72. The van der Waals surface area contributed by atoms with Crippen molar-refractivity contribution >= 4 is 51.5 Å². The van der Waals surface area contributed by atoms with Crippen LogP contribution in [0.25, 0.3) is 0 Å². The second-order valence-corrected chi connectivity index (χ2v) is 7.02. The van der Waals surface area contributed by atoms with Crippen molar-refractivity contribution in [2.75, 3.05) is 5.75 Å². The summed E-state index contributed by atoms with van der Waals surface area (Å²) in [7, 11) is 0. The van der Waals surface area contributed by atoms with Crippen molar-refractivity contribution in [3.8, 4) is 0 Å². The van der Waals surface area contributed by atoms with Gasteiger partial charge in [-0.15, -0.1) is 10.2 Å². The van der Waals surface area contributed by atoms with Gasteiger partial charge in [0.25, 0.3) is 5.24 Å². The summed E-state index contributed by atoms with van der Waals surface area (Å²) in [5.74, 6) is -0.196. The molecule has 0 bridgehead atoms. The lowest BCUT2D eigenvalue weighted by atomic mass is 10.1. The van der Waals surface area contributed by atoms with Gasteiger partial charge in [0, 0.05) is 12.0 Å². The Morgan fingerprint density at radius 1 is 1.21 bits per heavy atom. The maximum absolute atomic E-state index is 12.9. The summed E-state index contributed by atoms with van der Waals surface area (Å²) >= 11 is 2.18. The summed E-state index contributed by atoms with van der Waals surface area (Å²) < 4.78 is 12.9. The fourth-order valence-electron chi connectivity index (χ4n) is 1.99. The first-order chi connectivity index (χ1) is 11.5. The lowest BCUT2D eigenvalue weighted by molar-refractivity contribution is -0.118. The van der Waals surface area contributed by atoms with E-state index in [1.54, 1.807) is 0 Å². The van der Waals surface area contributed by atoms with Gasteiger partial charge >= 0.3 is 0 Å². The van der Waals surface area contributed by atoms with Crippen molar-refractivity contribution in [2.24, 2.45) is 10.2 Å². The van der Waals surface area contributed by atoms with Crippen LogP contribution in [0.1, 0.15) is 16.8 Å². The number of ketones is 1. The van der Waals surface area contributed by atoms with Crippen molar-refractivity contribution < 1.29 is 18.8 Å². The van der Waals surface area contributed by atoms with Crippen LogP contribution < -0.4 is 10.6 Å². The van der Waals surface area contributed by atoms with Gasteiger partial charge in [-0.3, -0.25) is 14.4 Å². The molecule has 0 radical (unpaired) electrons. The Labute approximate surface area is 144 Å². The van der Waals surface area contributed by atoms with E-state index in [-0.39, 0.29) is 28.5 Å². The van der Waals surface area contributed by atoms with Crippen LogP contribution in [0.2, 0.25) is 0 Å². The van der Waals surface area contributed by atoms with Crippen LogP contribution in [0.15, 0.2) is 34.5 Å². The summed E-state index contributed by atoms with van der Waals surface area (Å²) in [5, 5.41) is 12.3. The second-order valence-electron chi connectivity index (χ2n) is 4.88. The van der Waals surface area contributed by atoms with E-state index in [1.165, 1.54) is 24.3 Å². The number of halogens is 1. The van der Waals surface area contributed by atoms with Crippen LogP contribution in [-0.4, -0.2) is 38.9 Å². The Balaban J connectivity index is 1.61. The van der Waals surface area contributed by atoms with E-state index in [2.05, 4.69) is 20.8 Å². The molecule has 2 saturated heterocycles. The number of benzene rings is 1. The average Bonchev–Trinajstić information content (AvgIpc) is 3.12. The highest BCUT2D eigenvalue weighted by Gasteiger charge is 2.32. The van der Waals surface area contributed by atoms with Gasteiger partial charge < -0.3 is 10.6 Å². The first-order valence-electron chi connectivity index (χ1n) is 6.86. The number of rotatable bonds is 4. The molecule has 2 fully saturated rings. The number of carbonyl (C=O) groups excluding carboxylic acids is 3. The number of hydrogen-bond donors (Lipinski definition) is 2. The van der Waals surface area contributed by atoms with Crippen LogP contribution in [0.4, 0.5) is 9.18 Å². The zero-order chi connectivity index (χ0) is 17.1. The minimum atomic E-state index is -0.617. The Bertz CT molecular complexity index is 764. The lowest BCUT2D eigenvalue weighted by Crippen LogP contribution is -2.26. The number of amides is 2. The Hall–Kier alpha value is -2.20. The van der Waals surface area contributed by atoms with E-state index in [0.29, 0.717) is 17.2 Å². The smallest absolute Gasteiger partial charge is 0.284 e. The molecule has 0 unspecified atom stereocenters. The summed E-state index contributed by atoms with van der Waals surface area (Å²) in [5.41, 5.74) is 0.348. The van der Waals surface area contributed by atoms with Crippen molar-refractivity contribution in [3.05, 3.63) is 35.6 Å². The summed E-state index contributed by atoms with van der Waals surface area (Å²) in [6.07, 6.45) is -0.0235. The molecule has 0 saturated carbocycles. The van der Waals surface area contributed by atoms with Crippen molar-refractivity contribution in [2.45, 2.75) is 11.7 Å². The number of amidine groups is 2. The predicted molar refractivity (Wildman–Crippen MR) is 90.7 cm³/mol. The molecule has 2 aliphatic heterocycles. The number of nitrogens with zero attached hydrogens (tertiary/aromatic N) is 2. The molecule has 0 aromatic heterocycles. The molecule has 1 aromatic carbocycles. The van der Waals surface area contributed by atoms with Gasteiger partial charge in [-0.2, -0.15) is 0 Å². The van der Waals surface area contributed by atoms with E-state index < -0.39 is 11.1 Å². The zero-order valence-corrected chi connectivity index (χ0v) is 13.7. The van der Waals surface area contributed by atoms with E-state index in [1.807, 2.05) is 0 Å². The second kappa shape index (κ2) is 7.14. The standard InChI is InChI=1S/C14H11FN4O3S2/c15-8-3-1-7(2-4-8)9(20)5-10-12(21)17-13(24-10)19-18-11-6-23-14(22)16-11/h1-4,10H,5-6H2,(H,16,18,22)(H,17,19,21)/t10-/m0/s1. The van der Waals surface area contributed by atoms with Crippen LogP contribution in [0.5, 0.6) is 0 Å². The minimum Gasteiger partial charge on any atom is -0.303 e. The molecule has 2 heterocycles. The molecule has 2 N–H and O–H groups in total. The third-order valence-electron chi connectivity index (χ3n) is 3.16. The first kappa shape index (κ1) is 16.7. The minimum absolute atomic E-state index is 0.0235. The highest BCUT2D eigenvalue weighted by Crippen LogP contribution is 2.24. The number of carbonyl (C=O) groups is 3. The van der Waals surface area contributed by atoms with Crippen LogP contribution in [0, 0.1) is 5.82 Å². The molecule has 24 heavy (non-hydrogen) atoms.